The van der Waals surface area contributed by atoms with Gasteiger partial charge in [0.15, 0.2) is 0 Å². The molecule has 35 heavy (non-hydrogen) atoms. The summed E-state index contributed by atoms with van der Waals surface area (Å²) in [6, 6.07) is 28.1. The van der Waals surface area contributed by atoms with Gasteiger partial charge < -0.3 is 4.90 Å². The first-order valence-corrected chi connectivity index (χ1v) is 12.3. The minimum Gasteiger partial charge on any atom is -0.342 e. The van der Waals surface area contributed by atoms with E-state index >= 15 is 0 Å². The van der Waals surface area contributed by atoms with Gasteiger partial charge in [-0.25, -0.2) is 0 Å². The zero-order chi connectivity index (χ0) is 24.4. The maximum Gasteiger partial charge on any atom is 0.240 e. The minimum absolute atomic E-state index is 0.00804. The van der Waals surface area contributed by atoms with E-state index in [-0.39, 0.29) is 30.6 Å². The van der Waals surface area contributed by atoms with E-state index in [1.54, 1.807) is 0 Å². The van der Waals surface area contributed by atoms with Crippen LogP contribution in [0.4, 0.5) is 0 Å². The molecule has 0 aromatic heterocycles. The number of likely N-dealkylation sites (tertiary alicyclic amines) is 2. The van der Waals surface area contributed by atoms with Crippen LogP contribution < -0.4 is 0 Å². The lowest BCUT2D eigenvalue weighted by molar-refractivity contribution is -0.141. The van der Waals surface area contributed by atoms with Crippen molar-refractivity contribution in [2.75, 3.05) is 20.1 Å². The van der Waals surface area contributed by atoms with Crippen molar-refractivity contribution in [2.45, 2.75) is 37.0 Å². The number of hydrogen-bond donors (Lipinski definition) is 0. The largest absolute Gasteiger partial charge is 0.342 e. The van der Waals surface area contributed by atoms with Gasteiger partial charge in [-0.1, -0.05) is 84.9 Å². The van der Waals surface area contributed by atoms with E-state index in [0.29, 0.717) is 19.0 Å². The zero-order valence-corrected chi connectivity index (χ0v) is 20.0. The number of rotatable bonds is 5. The number of benzene rings is 3. The molecule has 2 unspecified atom stereocenters. The van der Waals surface area contributed by atoms with Crippen molar-refractivity contribution in [3.8, 4) is 11.1 Å². The number of carbonyl (C=O) groups is 3. The third-order valence-electron chi connectivity index (χ3n) is 7.58. The molecule has 0 radical (unpaired) electrons. The van der Waals surface area contributed by atoms with Crippen LogP contribution in [-0.4, -0.2) is 47.7 Å². The van der Waals surface area contributed by atoms with Crippen LogP contribution >= 0.6 is 0 Å². The average molecular weight is 467 g/mol. The Labute approximate surface area is 206 Å². The van der Waals surface area contributed by atoms with Gasteiger partial charge in [0.2, 0.25) is 17.7 Å². The molecule has 178 valence electrons. The van der Waals surface area contributed by atoms with E-state index < -0.39 is 5.41 Å². The lowest BCUT2D eigenvalue weighted by atomic mass is 9.75. The van der Waals surface area contributed by atoms with E-state index in [9.17, 15) is 14.4 Å². The molecule has 0 aliphatic carbocycles. The van der Waals surface area contributed by atoms with Gasteiger partial charge in [0, 0.05) is 38.9 Å². The molecule has 2 aliphatic rings. The SMILES string of the molecule is CN1C(=O)CC(CC(=O)N2CCCC(c3ccccc3)C2)(c2ccc(-c3ccccc3)cc2)C1=O. The molecule has 5 nitrogen and oxygen atoms in total. The monoisotopic (exact) mass is 466 g/mol. The van der Waals surface area contributed by atoms with Gasteiger partial charge in [0.1, 0.15) is 0 Å². The Kier molecular flexibility index (Phi) is 6.25. The summed E-state index contributed by atoms with van der Waals surface area (Å²) in [6.07, 6.45) is 2.00. The molecular weight excluding hydrogens is 436 g/mol. The van der Waals surface area contributed by atoms with E-state index in [1.807, 2.05) is 77.7 Å². The molecule has 3 aromatic carbocycles. The number of amides is 3. The molecule has 0 saturated carbocycles. The summed E-state index contributed by atoms with van der Waals surface area (Å²) in [4.78, 5) is 42.7. The van der Waals surface area contributed by atoms with Crippen molar-refractivity contribution in [1.29, 1.82) is 0 Å². The van der Waals surface area contributed by atoms with Crippen LogP contribution in [0, 0.1) is 0 Å². The Morgan fingerprint density at radius 2 is 1.51 bits per heavy atom. The predicted octanol–water partition coefficient (Wildman–Crippen LogP) is 4.78. The summed E-state index contributed by atoms with van der Waals surface area (Å²) in [5, 5.41) is 0. The first-order chi connectivity index (χ1) is 17.0. The smallest absolute Gasteiger partial charge is 0.240 e. The van der Waals surface area contributed by atoms with Crippen molar-refractivity contribution in [3.63, 3.8) is 0 Å². The van der Waals surface area contributed by atoms with E-state index in [4.69, 9.17) is 0 Å². The second-order valence-corrected chi connectivity index (χ2v) is 9.73. The molecule has 0 N–H and O–H groups in total. The van der Waals surface area contributed by atoms with Gasteiger partial charge in [0.25, 0.3) is 0 Å². The van der Waals surface area contributed by atoms with Crippen LogP contribution in [0.2, 0.25) is 0 Å². The number of imide groups is 1. The molecule has 0 spiro atoms. The number of likely N-dealkylation sites (N-methyl/N-ethyl adjacent to an activating group) is 1. The van der Waals surface area contributed by atoms with Crippen LogP contribution in [0.3, 0.4) is 0 Å². The fraction of sp³-hybridized carbons (Fsp3) is 0.300. The Balaban J connectivity index is 1.41. The summed E-state index contributed by atoms with van der Waals surface area (Å²) in [5.41, 5.74) is 2.92. The molecule has 0 bridgehead atoms. The van der Waals surface area contributed by atoms with Gasteiger partial charge in [-0.05, 0) is 35.1 Å². The first-order valence-electron chi connectivity index (χ1n) is 12.3. The normalized spacial score (nSPS) is 22.5. The van der Waals surface area contributed by atoms with E-state index in [1.165, 1.54) is 17.5 Å². The Bertz CT molecular complexity index is 1220. The highest BCUT2D eigenvalue weighted by Crippen LogP contribution is 2.41. The highest BCUT2D eigenvalue weighted by atomic mass is 16.2. The van der Waals surface area contributed by atoms with E-state index in [2.05, 4.69) is 12.1 Å². The quantitative estimate of drug-likeness (QED) is 0.509. The maximum atomic E-state index is 13.6. The summed E-state index contributed by atoms with van der Waals surface area (Å²) in [5.74, 6) is -0.302. The van der Waals surface area contributed by atoms with Crippen LogP contribution in [0.15, 0.2) is 84.9 Å². The predicted molar refractivity (Wildman–Crippen MR) is 136 cm³/mol. The van der Waals surface area contributed by atoms with Gasteiger partial charge in [-0.2, -0.15) is 0 Å². The Morgan fingerprint density at radius 1 is 0.886 bits per heavy atom. The number of piperidine rings is 1. The van der Waals surface area contributed by atoms with Crippen LogP contribution in [-0.2, 0) is 19.8 Å². The van der Waals surface area contributed by atoms with Crippen molar-refractivity contribution >= 4 is 17.7 Å². The molecule has 2 heterocycles. The van der Waals surface area contributed by atoms with Crippen LogP contribution in [0.25, 0.3) is 11.1 Å². The lowest BCUT2D eigenvalue weighted by Crippen LogP contribution is -2.45. The molecule has 3 amide bonds. The first kappa shape index (κ1) is 23.0. The Morgan fingerprint density at radius 3 is 2.14 bits per heavy atom. The van der Waals surface area contributed by atoms with Crippen molar-refractivity contribution < 1.29 is 14.4 Å². The van der Waals surface area contributed by atoms with Crippen molar-refractivity contribution in [1.82, 2.24) is 9.80 Å². The Hall–Kier alpha value is -3.73. The van der Waals surface area contributed by atoms with E-state index in [0.717, 1.165) is 29.5 Å². The second-order valence-electron chi connectivity index (χ2n) is 9.73. The second kappa shape index (κ2) is 9.49. The molecule has 2 fully saturated rings. The molecule has 2 aliphatic heterocycles. The summed E-state index contributed by atoms with van der Waals surface area (Å²) >= 11 is 0. The fourth-order valence-corrected chi connectivity index (χ4v) is 5.54. The number of nitrogens with zero attached hydrogens (tertiary/aromatic N) is 2. The van der Waals surface area contributed by atoms with Gasteiger partial charge in [-0.15, -0.1) is 0 Å². The maximum absolute atomic E-state index is 13.6. The number of carbonyl (C=O) groups excluding carboxylic acids is 3. The molecule has 5 rings (SSSR count). The lowest BCUT2D eigenvalue weighted by Gasteiger charge is -2.35. The van der Waals surface area contributed by atoms with Gasteiger partial charge >= 0.3 is 0 Å². The van der Waals surface area contributed by atoms with Gasteiger partial charge in [-0.3, -0.25) is 19.3 Å². The van der Waals surface area contributed by atoms with Crippen molar-refractivity contribution in [3.05, 3.63) is 96.1 Å². The van der Waals surface area contributed by atoms with Crippen LogP contribution in [0.1, 0.15) is 42.7 Å². The average Bonchev–Trinajstić information content (AvgIpc) is 3.13. The summed E-state index contributed by atoms with van der Waals surface area (Å²) in [6.45, 7) is 1.33. The third-order valence-corrected chi connectivity index (χ3v) is 7.58. The molecule has 3 aromatic rings. The number of hydrogen-bond acceptors (Lipinski definition) is 3. The highest BCUT2D eigenvalue weighted by Gasteiger charge is 2.53. The fourth-order valence-electron chi connectivity index (χ4n) is 5.54. The summed E-state index contributed by atoms with van der Waals surface area (Å²) in [7, 11) is 1.52. The topological polar surface area (TPSA) is 57.7 Å². The highest BCUT2D eigenvalue weighted by molar-refractivity contribution is 6.10. The van der Waals surface area contributed by atoms with Crippen LogP contribution in [0.5, 0.6) is 0 Å². The van der Waals surface area contributed by atoms with Gasteiger partial charge in [0.05, 0.1) is 5.41 Å². The molecule has 2 saturated heterocycles. The molecule has 5 heteroatoms. The third kappa shape index (κ3) is 4.39. The standard InChI is InChI=1S/C30H30N2O3/c1-31-27(33)19-30(29(31)35,26-16-14-24(15-17-26)22-9-4-2-5-10-22)20-28(34)32-18-8-13-25(21-32)23-11-6-3-7-12-23/h2-7,9-12,14-17,25H,8,13,18-21H2,1H3. The molecule has 2 atom stereocenters. The summed E-state index contributed by atoms with van der Waals surface area (Å²) < 4.78 is 0. The molecular formula is C30H30N2O3. The zero-order valence-electron chi connectivity index (χ0n) is 20.0. The van der Waals surface area contributed by atoms with Crippen molar-refractivity contribution in [2.24, 2.45) is 0 Å². The minimum atomic E-state index is -1.15.